The maximum Gasteiger partial charge on any atom is 0.204 e. The van der Waals surface area contributed by atoms with Crippen molar-refractivity contribution in [3.8, 4) is 11.3 Å². The van der Waals surface area contributed by atoms with Gasteiger partial charge >= 0.3 is 0 Å². The van der Waals surface area contributed by atoms with Crippen LogP contribution in [0.2, 0.25) is 0 Å². The first-order valence-electron chi connectivity index (χ1n) is 6.39. The van der Waals surface area contributed by atoms with Gasteiger partial charge in [-0.1, -0.05) is 31.2 Å². The van der Waals surface area contributed by atoms with Crippen molar-refractivity contribution in [3.05, 3.63) is 34.4 Å². The number of benzene rings is 1. The second-order valence-electron chi connectivity index (χ2n) is 4.56. The van der Waals surface area contributed by atoms with Crippen molar-refractivity contribution in [2.75, 3.05) is 11.9 Å². The van der Waals surface area contributed by atoms with Crippen molar-refractivity contribution < 1.29 is 0 Å². The normalized spacial score (nSPS) is 14.1. The average Bonchev–Trinajstić information content (AvgIpc) is 2.77. The molecule has 3 nitrogen and oxygen atoms in total. The zero-order valence-electron chi connectivity index (χ0n) is 10.4. The molecule has 94 valence electrons. The highest BCUT2D eigenvalue weighted by atomic mass is 79.9. The Morgan fingerprint density at radius 2 is 2.11 bits per heavy atom. The molecule has 3 rings (SSSR count). The van der Waals surface area contributed by atoms with E-state index in [-0.39, 0.29) is 0 Å². The predicted molar refractivity (Wildman–Crippen MR) is 77.8 cm³/mol. The highest BCUT2D eigenvalue weighted by Crippen LogP contribution is 2.32. The Hall–Kier alpha value is -1.29. The van der Waals surface area contributed by atoms with Gasteiger partial charge in [0.05, 0.1) is 0 Å². The Bertz CT molecular complexity index is 557. The summed E-state index contributed by atoms with van der Waals surface area (Å²) in [5.74, 6) is 0.975. The Balaban J connectivity index is 2.02. The number of hydrogen-bond donors (Lipinski definition) is 1. The molecule has 0 fully saturated rings. The number of nitrogens with zero attached hydrogens (tertiary/aromatic N) is 2. The average molecular weight is 306 g/mol. The molecule has 0 amide bonds. The van der Waals surface area contributed by atoms with E-state index in [1.807, 2.05) is 0 Å². The maximum absolute atomic E-state index is 4.68. The topological polar surface area (TPSA) is 29.9 Å². The van der Waals surface area contributed by atoms with E-state index in [0.29, 0.717) is 0 Å². The summed E-state index contributed by atoms with van der Waals surface area (Å²) < 4.78 is 3.28. The molecule has 2 aromatic rings. The quantitative estimate of drug-likeness (QED) is 0.917. The maximum atomic E-state index is 4.68. The lowest BCUT2D eigenvalue weighted by molar-refractivity contribution is 0.618. The number of nitrogens with one attached hydrogen (secondary N) is 1. The Labute approximate surface area is 115 Å². The number of aryl methyl sites for hydroxylation is 1. The third-order valence-electron chi connectivity index (χ3n) is 3.38. The van der Waals surface area contributed by atoms with E-state index in [4.69, 9.17) is 0 Å². The van der Waals surface area contributed by atoms with E-state index < -0.39 is 0 Å². The monoisotopic (exact) mass is 305 g/mol. The first kappa shape index (κ1) is 11.8. The van der Waals surface area contributed by atoms with Crippen LogP contribution in [-0.2, 0) is 13.0 Å². The summed E-state index contributed by atoms with van der Waals surface area (Å²) in [7, 11) is 0. The van der Waals surface area contributed by atoms with Crippen LogP contribution in [0.25, 0.3) is 11.3 Å². The third-order valence-corrected chi connectivity index (χ3v) is 4.19. The zero-order chi connectivity index (χ0) is 12.5. The van der Waals surface area contributed by atoms with Gasteiger partial charge in [0.2, 0.25) is 5.95 Å². The molecule has 0 atom stereocenters. The van der Waals surface area contributed by atoms with Gasteiger partial charge in [0.25, 0.3) is 0 Å². The molecule has 18 heavy (non-hydrogen) atoms. The first-order valence-corrected chi connectivity index (χ1v) is 7.18. The molecule has 1 aromatic heterocycles. The molecule has 0 saturated heterocycles. The van der Waals surface area contributed by atoms with Gasteiger partial charge in [-0.15, -0.1) is 0 Å². The SMILES string of the molecule is CCc1ccc(-c2nc3n(c2Br)CCCN3)cc1. The fourth-order valence-electron chi connectivity index (χ4n) is 2.29. The smallest absolute Gasteiger partial charge is 0.204 e. The minimum absolute atomic E-state index is 0.975. The Kier molecular flexibility index (Phi) is 3.12. The zero-order valence-corrected chi connectivity index (χ0v) is 12.0. The fourth-order valence-corrected chi connectivity index (χ4v) is 2.95. The third kappa shape index (κ3) is 1.94. The molecule has 1 aliphatic rings. The van der Waals surface area contributed by atoms with E-state index in [2.05, 4.69) is 62.0 Å². The van der Waals surface area contributed by atoms with Crippen molar-refractivity contribution in [1.29, 1.82) is 0 Å². The predicted octanol–water partition coefficient (Wildman–Crippen LogP) is 3.69. The van der Waals surface area contributed by atoms with E-state index in [0.717, 1.165) is 42.2 Å². The van der Waals surface area contributed by atoms with E-state index in [1.165, 1.54) is 11.1 Å². The standard InChI is InChI=1S/C14H16BrN3/c1-2-10-4-6-11(7-5-10)12-13(15)18-9-3-8-16-14(18)17-12/h4-7H,2-3,8-9H2,1H3,(H,16,17). The van der Waals surface area contributed by atoms with E-state index in [1.54, 1.807) is 0 Å². The molecule has 4 heteroatoms. The highest BCUT2D eigenvalue weighted by molar-refractivity contribution is 9.10. The molecular formula is C14H16BrN3. The van der Waals surface area contributed by atoms with Gasteiger partial charge < -0.3 is 9.88 Å². The minimum Gasteiger partial charge on any atom is -0.356 e. The second-order valence-corrected chi connectivity index (χ2v) is 5.31. The molecule has 0 bridgehead atoms. The summed E-state index contributed by atoms with van der Waals surface area (Å²) in [6.45, 7) is 4.21. The molecule has 0 spiro atoms. The number of hydrogen-bond acceptors (Lipinski definition) is 2. The van der Waals surface area contributed by atoms with Gasteiger partial charge in [-0.2, -0.15) is 0 Å². The lowest BCUT2D eigenvalue weighted by atomic mass is 10.1. The molecule has 1 aromatic carbocycles. The summed E-state index contributed by atoms with van der Waals surface area (Å²) in [6, 6.07) is 8.65. The largest absolute Gasteiger partial charge is 0.356 e. The number of aromatic nitrogens is 2. The van der Waals surface area contributed by atoms with Gasteiger partial charge in [0, 0.05) is 18.7 Å². The summed E-state index contributed by atoms with van der Waals surface area (Å²) in [5.41, 5.74) is 3.56. The molecule has 1 aliphatic heterocycles. The Morgan fingerprint density at radius 1 is 1.33 bits per heavy atom. The van der Waals surface area contributed by atoms with Crippen LogP contribution in [0.3, 0.4) is 0 Å². The number of halogens is 1. The molecule has 0 unspecified atom stereocenters. The molecule has 0 saturated carbocycles. The second kappa shape index (κ2) is 4.76. The van der Waals surface area contributed by atoms with Crippen LogP contribution in [-0.4, -0.2) is 16.1 Å². The lowest BCUT2D eigenvalue weighted by Crippen LogP contribution is -2.17. The van der Waals surface area contributed by atoms with Crippen LogP contribution in [0.1, 0.15) is 18.9 Å². The summed E-state index contributed by atoms with van der Waals surface area (Å²) in [4.78, 5) is 4.68. The number of imidazole rings is 1. The van der Waals surface area contributed by atoms with Gasteiger partial charge in [0.15, 0.2) is 0 Å². The number of rotatable bonds is 2. The lowest BCUT2D eigenvalue weighted by Gasteiger charge is -2.15. The molecule has 0 aliphatic carbocycles. The fraction of sp³-hybridized carbons (Fsp3) is 0.357. The van der Waals surface area contributed by atoms with Crippen molar-refractivity contribution in [2.45, 2.75) is 26.3 Å². The van der Waals surface area contributed by atoms with Crippen molar-refractivity contribution in [1.82, 2.24) is 9.55 Å². The van der Waals surface area contributed by atoms with Gasteiger partial charge in [-0.05, 0) is 34.3 Å². The molecular weight excluding hydrogens is 290 g/mol. The molecule has 1 N–H and O–H groups in total. The summed E-state index contributed by atoms with van der Waals surface area (Å²) >= 11 is 3.67. The number of anilines is 1. The van der Waals surface area contributed by atoms with Gasteiger partial charge in [-0.25, -0.2) is 4.98 Å². The van der Waals surface area contributed by atoms with Gasteiger partial charge in [-0.3, -0.25) is 0 Å². The minimum atomic E-state index is 0.975. The molecule has 2 heterocycles. The van der Waals surface area contributed by atoms with Crippen LogP contribution in [0.15, 0.2) is 28.9 Å². The Morgan fingerprint density at radius 3 is 2.78 bits per heavy atom. The van der Waals surface area contributed by atoms with Crippen molar-refractivity contribution >= 4 is 21.9 Å². The van der Waals surface area contributed by atoms with Crippen LogP contribution in [0, 0.1) is 0 Å². The van der Waals surface area contributed by atoms with Crippen LogP contribution in [0.5, 0.6) is 0 Å². The number of fused-ring (bicyclic) bond motifs is 1. The van der Waals surface area contributed by atoms with Crippen molar-refractivity contribution in [3.63, 3.8) is 0 Å². The summed E-state index contributed by atoms with van der Waals surface area (Å²) in [5, 5.41) is 3.34. The van der Waals surface area contributed by atoms with E-state index in [9.17, 15) is 0 Å². The van der Waals surface area contributed by atoms with Crippen LogP contribution in [0.4, 0.5) is 5.95 Å². The van der Waals surface area contributed by atoms with Gasteiger partial charge in [0.1, 0.15) is 10.3 Å². The highest BCUT2D eigenvalue weighted by Gasteiger charge is 2.18. The van der Waals surface area contributed by atoms with Crippen LogP contribution >= 0.6 is 15.9 Å². The van der Waals surface area contributed by atoms with E-state index >= 15 is 0 Å². The van der Waals surface area contributed by atoms with Crippen molar-refractivity contribution in [2.24, 2.45) is 0 Å². The molecule has 0 radical (unpaired) electrons. The van der Waals surface area contributed by atoms with Crippen LogP contribution < -0.4 is 5.32 Å². The first-order chi connectivity index (χ1) is 8.79. The summed E-state index contributed by atoms with van der Waals surface area (Å²) in [6.07, 6.45) is 2.22.